The van der Waals surface area contributed by atoms with Crippen LogP contribution in [0.15, 0.2) is 72.9 Å². The van der Waals surface area contributed by atoms with E-state index in [1.54, 1.807) is 18.3 Å². The van der Waals surface area contributed by atoms with Crippen LogP contribution < -0.4 is 14.8 Å². The van der Waals surface area contributed by atoms with Gasteiger partial charge in [-0.2, -0.15) is 5.10 Å². The third-order valence-corrected chi connectivity index (χ3v) is 4.22. The van der Waals surface area contributed by atoms with E-state index in [0.29, 0.717) is 34.9 Å². The van der Waals surface area contributed by atoms with Crippen LogP contribution in [0.3, 0.4) is 0 Å². The van der Waals surface area contributed by atoms with Gasteiger partial charge in [-0.05, 0) is 49.4 Å². The smallest absolute Gasteiger partial charge is 0.257 e. The van der Waals surface area contributed by atoms with Gasteiger partial charge in [0.2, 0.25) is 0 Å². The summed E-state index contributed by atoms with van der Waals surface area (Å²) in [5, 5.41) is 10.7. The molecule has 4 aromatic rings. The lowest BCUT2D eigenvalue weighted by Crippen LogP contribution is -2.13. The van der Waals surface area contributed by atoms with Gasteiger partial charge in [0.05, 0.1) is 29.6 Å². The molecule has 1 aromatic heterocycles. The van der Waals surface area contributed by atoms with Gasteiger partial charge in [0, 0.05) is 5.39 Å². The van der Waals surface area contributed by atoms with Crippen LogP contribution in [0.25, 0.3) is 10.9 Å². The molecule has 1 amide bonds. The number of ether oxygens (including phenoxy) is 2. The molecule has 28 heavy (non-hydrogen) atoms. The first-order valence-electron chi connectivity index (χ1n) is 8.98. The molecule has 1 heterocycles. The number of H-pyrrole nitrogens is 1. The van der Waals surface area contributed by atoms with Crippen molar-refractivity contribution in [1.29, 1.82) is 0 Å². The van der Waals surface area contributed by atoms with Crippen LogP contribution in [0.2, 0.25) is 0 Å². The highest BCUT2D eigenvalue weighted by atomic mass is 16.5. The SMILES string of the molecule is CCOc1ccc(Oc2ccccc2NC(=O)c2cccc3cn[nH]c23)cc1. The first-order valence-corrected chi connectivity index (χ1v) is 8.98. The van der Waals surface area contributed by atoms with Gasteiger partial charge in [-0.15, -0.1) is 0 Å². The molecule has 0 bridgehead atoms. The van der Waals surface area contributed by atoms with Crippen molar-refractivity contribution in [3.63, 3.8) is 0 Å². The molecule has 4 rings (SSSR count). The van der Waals surface area contributed by atoms with Gasteiger partial charge >= 0.3 is 0 Å². The van der Waals surface area contributed by atoms with E-state index in [1.807, 2.05) is 61.5 Å². The number of anilines is 1. The van der Waals surface area contributed by atoms with Gasteiger partial charge < -0.3 is 14.8 Å². The van der Waals surface area contributed by atoms with Gasteiger partial charge in [-0.3, -0.25) is 9.89 Å². The summed E-state index contributed by atoms with van der Waals surface area (Å²) in [6.07, 6.45) is 1.69. The van der Waals surface area contributed by atoms with Crippen molar-refractivity contribution in [3.8, 4) is 17.2 Å². The lowest BCUT2D eigenvalue weighted by molar-refractivity contribution is 0.102. The summed E-state index contributed by atoms with van der Waals surface area (Å²) < 4.78 is 11.4. The van der Waals surface area contributed by atoms with Gasteiger partial charge in [0.25, 0.3) is 5.91 Å². The Balaban J connectivity index is 1.56. The number of nitrogens with one attached hydrogen (secondary N) is 2. The predicted octanol–water partition coefficient (Wildman–Crippen LogP) is 5.01. The maximum absolute atomic E-state index is 12.8. The molecule has 0 fully saturated rings. The van der Waals surface area contributed by atoms with Crippen molar-refractivity contribution in [2.24, 2.45) is 0 Å². The second kappa shape index (κ2) is 7.84. The summed E-state index contributed by atoms with van der Waals surface area (Å²) in [5.74, 6) is 1.75. The fraction of sp³-hybridized carbons (Fsp3) is 0.0909. The van der Waals surface area contributed by atoms with Crippen LogP contribution in [0, 0.1) is 0 Å². The van der Waals surface area contributed by atoms with Crippen LogP contribution in [0.5, 0.6) is 17.2 Å². The summed E-state index contributed by atoms with van der Waals surface area (Å²) in [5.41, 5.74) is 1.80. The van der Waals surface area contributed by atoms with Crippen molar-refractivity contribution < 1.29 is 14.3 Å². The number of para-hydroxylation sites is 3. The summed E-state index contributed by atoms with van der Waals surface area (Å²) in [6, 6.07) is 20.1. The molecule has 140 valence electrons. The highest BCUT2D eigenvalue weighted by Crippen LogP contribution is 2.31. The van der Waals surface area contributed by atoms with Gasteiger partial charge in [-0.1, -0.05) is 24.3 Å². The Kier molecular flexibility index (Phi) is 4.93. The largest absolute Gasteiger partial charge is 0.494 e. The van der Waals surface area contributed by atoms with Crippen molar-refractivity contribution in [3.05, 3.63) is 78.5 Å². The van der Waals surface area contributed by atoms with Crippen LogP contribution in [-0.2, 0) is 0 Å². The zero-order chi connectivity index (χ0) is 19.3. The molecule has 0 atom stereocenters. The first kappa shape index (κ1) is 17.6. The van der Waals surface area contributed by atoms with Gasteiger partial charge in [0.1, 0.15) is 11.5 Å². The Bertz CT molecular complexity index is 1100. The highest BCUT2D eigenvalue weighted by molar-refractivity contribution is 6.12. The molecule has 3 aromatic carbocycles. The molecule has 6 heteroatoms. The van der Waals surface area contributed by atoms with Crippen LogP contribution in [0.4, 0.5) is 5.69 Å². The molecule has 0 aliphatic rings. The number of hydrogen-bond donors (Lipinski definition) is 2. The molecule has 2 N–H and O–H groups in total. The number of amides is 1. The Hall–Kier alpha value is -3.80. The molecular formula is C22H19N3O3. The lowest BCUT2D eigenvalue weighted by atomic mass is 10.1. The second-order valence-electron chi connectivity index (χ2n) is 6.10. The molecule has 0 radical (unpaired) electrons. The molecule has 0 spiro atoms. The summed E-state index contributed by atoms with van der Waals surface area (Å²) in [6.45, 7) is 2.55. The van der Waals surface area contributed by atoms with Gasteiger partial charge in [0.15, 0.2) is 5.75 Å². The summed E-state index contributed by atoms with van der Waals surface area (Å²) in [7, 11) is 0. The van der Waals surface area contributed by atoms with Crippen molar-refractivity contribution >= 4 is 22.5 Å². The molecule has 0 saturated carbocycles. The van der Waals surface area contributed by atoms with Crippen LogP contribution in [0.1, 0.15) is 17.3 Å². The number of nitrogens with zero attached hydrogens (tertiary/aromatic N) is 1. The average molecular weight is 373 g/mol. The van der Waals surface area contributed by atoms with Crippen molar-refractivity contribution in [2.45, 2.75) is 6.92 Å². The Morgan fingerprint density at radius 1 is 1.00 bits per heavy atom. The van der Waals surface area contributed by atoms with E-state index >= 15 is 0 Å². The Labute approximate surface area is 162 Å². The number of aromatic amines is 1. The van der Waals surface area contributed by atoms with Crippen molar-refractivity contribution in [2.75, 3.05) is 11.9 Å². The number of aromatic nitrogens is 2. The number of hydrogen-bond acceptors (Lipinski definition) is 4. The number of fused-ring (bicyclic) bond motifs is 1. The summed E-state index contributed by atoms with van der Waals surface area (Å²) in [4.78, 5) is 12.8. The number of rotatable bonds is 6. The van der Waals surface area contributed by atoms with E-state index < -0.39 is 0 Å². The van der Waals surface area contributed by atoms with E-state index in [1.165, 1.54) is 0 Å². The molecule has 0 saturated heterocycles. The second-order valence-corrected chi connectivity index (χ2v) is 6.10. The Morgan fingerprint density at radius 2 is 1.79 bits per heavy atom. The number of carbonyl (C=O) groups is 1. The zero-order valence-corrected chi connectivity index (χ0v) is 15.3. The lowest BCUT2D eigenvalue weighted by Gasteiger charge is -2.13. The minimum atomic E-state index is -0.238. The number of benzene rings is 3. The van der Waals surface area contributed by atoms with Crippen molar-refractivity contribution in [1.82, 2.24) is 10.2 Å². The van der Waals surface area contributed by atoms with E-state index in [9.17, 15) is 4.79 Å². The van der Waals surface area contributed by atoms with Gasteiger partial charge in [-0.25, -0.2) is 0 Å². The maximum atomic E-state index is 12.8. The molecule has 6 nitrogen and oxygen atoms in total. The predicted molar refractivity (Wildman–Crippen MR) is 108 cm³/mol. The van der Waals surface area contributed by atoms with E-state index in [4.69, 9.17) is 9.47 Å². The van der Waals surface area contributed by atoms with Crippen LogP contribution in [-0.4, -0.2) is 22.7 Å². The standard InChI is InChI=1S/C22H19N3O3/c1-2-27-16-10-12-17(13-11-16)28-20-9-4-3-8-19(20)24-22(26)18-7-5-6-15-14-23-25-21(15)18/h3-14H,2H2,1H3,(H,23,25)(H,24,26). The van der Waals surface area contributed by atoms with E-state index in [2.05, 4.69) is 15.5 Å². The maximum Gasteiger partial charge on any atom is 0.257 e. The number of carbonyl (C=O) groups excluding carboxylic acids is 1. The quantitative estimate of drug-likeness (QED) is 0.498. The topological polar surface area (TPSA) is 76.2 Å². The monoisotopic (exact) mass is 373 g/mol. The third-order valence-electron chi connectivity index (χ3n) is 4.22. The molecular weight excluding hydrogens is 354 g/mol. The highest BCUT2D eigenvalue weighted by Gasteiger charge is 2.14. The summed E-state index contributed by atoms with van der Waals surface area (Å²) >= 11 is 0. The van der Waals surface area contributed by atoms with Crippen LogP contribution >= 0.6 is 0 Å². The Morgan fingerprint density at radius 3 is 2.61 bits per heavy atom. The molecule has 0 aliphatic carbocycles. The zero-order valence-electron chi connectivity index (χ0n) is 15.3. The minimum absolute atomic E-state index is 0.238. The fourth-order valence-corrected chi connectivity index (χ4v) is 2.90. The van der Waals surface area contributed by atoms with E-state index in [0.717, 1.165) is 11.1 Å². The third kappa shape index (κ3) is 3.66. The minimum Gasteiger partial charge on any atom is -0.494 e. The first-order chi connectivity index (χ1) is 13.7. The average Bonchev–Trinajstić information content (AvgIpc) is 3.20. The van der Waals surface area contributed by atoms with E-state index in [-0.39, 0.29) is 5.91 Å². The normalized spacial score (nSPS) is 10.6. The fourth-order valence-electron chi connectivity index (χ4n) is 2.90. The molecule has 0 aliphatic heterocycles. The molecule has 0 unspecified atom stereocenters.